The number of alkyl halides is 1. The number of rotatable bonds is 6. The molecule has 5 rings (SSSR count). The molecular formula is C22H26FN7O3. The normalized spacial score (nSPS) is 24.5. The summed E-state index contributed by atoms with van der Waals surface area (Å²) >= 11 is 0. The first-order valence-electron chi connectivity index (χ1n) is 11.1. The molecule has 1 amide bonds. The number of pyridine rings is 1. The van der Waals surface area contributed by atoms with Crippen LogP contribution in [0, 0.1) is 0 Å². The van der Waals surface area contributed by atoms with Crippen molar-refractivity contribution >= 4 is 28.9 Å². The number of amides is 1. The number of aliphatic hydroxyl groups is 1. The first-order valence-corrected chi connectivity index (χ1v) is 11.1. The van der Waals surface area contributed by atoms with Crippen molar-refractivity contribution in [3.63, 3.8) is 0 Å². The number of anilines is 3. The molecule has 4 N–H and O–H groups in total. The molecule has 0 aliphatic heterocycles. The summed E-state index contributed by atoms with van der Waals surface area (Å²) in [6, 6.07) is 4.74. The van der Waals surface area contributed by atoms with Gasteiger partial charge in [0.2, 0.25) is 0 Å². The maximum atomic E-state index is 13.2. The summed E-state index contributed by atoms with van der Waals surface area (Å²) in [4.78, 5) is 30.2. The highest BCUT2D eigenvalue weighted by Gasteiger charge is 2.39. The zero-order chi connectivity index (χ0) is 23.1. The van der Waals surface area contributed by atoms with E-state index in [1.165, 1.54) is 10.7 Å². The Morgan fingerprint density at radius 3 is 2.73 bits per heavy atom. The number of hydrogen-bond acceptors (Lipinski definition) is 7. The Labute approximate surface area is 188 Å². The minimum Gasteiger partial charge on any atom is -0.393 e. The molecule has 2 aliphatic carbocycles. The molecule has 3 heterocycles. The van der Waals surface area contributed by atoms with Crippen molar-refractivity contribution in [2.45, 2.75) is 56.5 Å². The van der Waals surface area contributed by atoms with Crippen molar-refractivity contribution in [2.75, 3.05) is 17.7 Å². The van der Waals surface area contributed by atoms with Crippen LogP contribution in [0.1, 0.15) is 48.5 Å². The fraction of sp³-hybridized carbons (Fsp3) is 0.455. The summed E-state index contributed by atoms with van der Waals surface area (Å²) in [5.41, 5.74) is 0.683. The number of halogens is 1. The lowest BCUT2D eigenvalue weighted by Gasteiger charge is -2.27. The monoisotopic (exact) mass is 455 g/mol. The molecule has 0 aromatic carbocycles. The van der Waals surface area contributed by atoms with E-state index >= 15 is 0 Å². The van der Waals surface area contributed by atoms with Gasteiger partial charge in [0.05, 0.1) is 18.3 Å². The summed E-state index contributed by atoms with van der Waals surface area (Å²) in [6.45, 7) is 0. The molecule has 33 heavy (non-hydrogen) atoms. The average molecular weight is 455 g/mol. The predicted octanol–water partition coefficient (Wildman–Crippen LogP) is 1.99. The first-order chi connectivity index (χ1) is 15.9. The average Bonchev–Trinajstić information content (AvgIpc) is 3.32. The van der Waals surface area contributed by atoms with E-state index in [1.807, 2.05) is 0 Å². The van der Waals surface area contributed by atoms with Gasteiger partial charge in [-0.25, -0.2) is 9.37 Å². The van der Waals surface area contributed by atoms with Crippen molar-refractivity contribution in [3.05, 3.63) is 46.5 Å². The number of carbonyl (C=O) groups is 1. The topological polar surface area (TPSA) is 126 Å². The summed E-state index contributed by atoms with van der Waals surface area (Å²) < 4.78 is 16.4. The minimum absolute atomic E-state index is 0.0397. The van der Waals surface area contributed by atoms with E-state index in [4.69, 9.17) is 0 Å². The fourth-order valence-electron chi connectivity index (χ4n) is 4.29. The third-order valence-corrected chi connectivity index (χ3v) is 6.30. The van der Waals surface area contributed by atoms with Gasteiger partial charge in [0, 0.05) is 31.8 Å². The quantitative estimate of drug-likeness (QED) is 0.448. The van der Waals surface area contributed by atoms with E-state index in [0.29, 0.717) is 36.6 Å². The van der Waals surface area contributed by atoms with Gasteiger partial charge in [-0.1, -0.05) is 0 Å². The molecular weight excluding hydrogens is 429 g/mol. The van der Waals surface area contributed by atoms with Gasteiger partial charge in [0.15, 0.2) is 5.65 Å². The molecule has 2 fully saturated rings. The van der Waals surface area contributed by atoms with Gasteiger partial charge in [0.25, 0.3) is 11.5 Å². The third kappa shape index (κ3) is 4.15. The molecule has 0 bridgehead atoms. The van der Waals surface area contributed by atoms with Crippen LogP contribution in [0.2, 0.25) is 0 Å². The van der Waals surface area contributed by atoms with Crippen molar-refractivity contribution < 1.29 is 14.3 Å². The molecule has 3 aromatic heterocycles. The highest BCUT2D eigenvalue weighted by molar-refractivity contribution is 6.00. The van der Waals surface area contributed by atoms with Gasteiger partial charge in [-0.2, -0.15) is 9.61 Å². The van der Waals surface area contributed by atoms with Crippen LogP contribution in [0.5, 0.6) is 0 Å². The molecule has 11 heteroatoms. The number of nitrogens with one attached hydrogen (secondary N) is 3. The molecule has 0 unspecified atom stereocenters. The summed E-state index contributed by atoms with van der Waals surface area (Å²) in [7, 11) is 1.71. The van der Waals surface area contributed by atoms with Gasteiger partial charge in [-0.15, -0.1) is 0 Å². The van der Waals surface area contributed by atoms with Crippen LogP contribution in [0.3, 0.4) is 0 Å². The van der Waals surface area contributed by atoms with Crippen LogP contribution in [-0.4, -0.2) is 55.5 Å². The highest BCUT2D eigenvalue weighted by atomic mass is 19.1. The van der Waals surface area contributed by atoms with Crippen molar-refractivity contribution in [1.29, 1.82) is 0 Å². The van der Waals surface area contributed by atoms with Gasteiger partial charge >= 0.3 is 0 Å². The minimum atomic E-state index is -1.01. The van der Waals surface area contributed by atoms with Gasteiger partial charge in [-0.05, 0) is 37.8 Å². The molecule has 3 aromatic rings. The smallest absolute Gasteiger partial charge is 0.274 e. The van der Waals surface area contributed by atoms with E-state index in [-0.39, 0.29) is 28.9 Å². The second-order valence-electron chi connectivity index (χ2n) is 8.62. The summed E-state index contributed by atoms with van der Waals surface area (Å²) in [6.07, 6.45) is 5.00. The third-order valence-electron chi connectivity index (χ3n) is 6.30. The van der Waals surface area contributed by atoms with Crippen molar-refractivity contribution in [3.8, 4) is 0 Å². The van der Waals surface area contributed by atoms with Crippen LogP contribution >= 0.6 is 0 Å². The second-order valence-corrected chi connectivity index (χ2v) is 8.62. The van der Waals surface area contributed by atoms with Crippen LogP contribution in [0.4, 0.5) is 21.7 Å². The van der Waals surface area contributed by atoms with Crippen LogP contribution in [0.25, 0.3) is 5.65 Å². The maximum absolute atomic E-state index is 13.2. The van der Waals surface area contributed by atoms with Crippen LogP contribution < -0.4 is 21.5 Å². The molecule has 0 spiro atoms. The van der Waals surface area contributed by atoms with Crippen molar-refractivity contribution in [2.24, 2.45) is 0 Å². The van der Waals surface area contributed by atoms with Gasteiger partial charge in [-0.3, -0.25) is 9.59 Å². The molecule has 2 saturated carbocycles. The Morgan fingerprint density at radius 2 is 2.03 bits per heavy atom. The second kappa shape index (κ2) is 8.47. The Bertz CT molecular complexity index is 1250. The zero-order valence-corrected chi connectivity index (χ0v) is 18.2. The molecule has 174 valence electrons. The van der Waals surface area contributed by atoms with Crippen LogP contribution in [-0.2, 0) is 0 Å². The largest absolute Gasteiger partial charge is 0.393 e. The number of hydrogen-bond donors (Lipinski definition) is 4. The lowest BCUT2D eigenvalue weighted by molar-refractivity contribution is 0.0949. The standard InChI is InChI=1S/C22H26FN7O3/c1-24-19-10-18(28-20-14(11-25-30(19)20)21(32)27-17-9-15(17)23)26-16-3-2-8-29(22(16)33)12-4-6-13(31)7-5-12/h2-3,8,10-13,15,17,24,31H,4-7,9H2,1H3,(H,26,28)(H,27,32)/t12-,13+,15-,17+/m1/s1. The molecule has 10 nitrogen and oxygen atoms in total. The summed E-state index contributed by atoms with van der Waals surface area (Å²) in [5.74, 6) is 0.488. The fourth-order valence-corrected chi connectivity index (χ4v) is 4.29. The predicted molar refractivity (Wildman–Crippen MR) is 121 cm³/mol. The van der Waals surface area contributed by atoms with E-state index < -0.39 is 18.1 Å². The molecule has 2 atom stereocenters. The van der Waals surface area contributed by atoms with E-state index in [1.54, 1.807) is 36.0 Å². The number of carbonyl (C=O) groups excluding carboxylic acids is 1. The van der Waals surface area contributed by atoms with Gasteiger partial charge < -0.3 is 25.6 Å². The Hall–Kier alpha value is -3.47. The van der Waals surface area contributed by atoms with E-state index in [0.717, 1.165) is 12.8 Å². The highest BCUT2D eigenvalue weighted by Crippen LogP contribution is 2.28. The molecule has 0 saturated heterocycles. The molecule has 2 aliphatic rings. The molecule has 0 radical (unpaired) electrons. The Kier molecular flexibility index (Phi) is 5.49. The number of aromatic nitrogens is 4. The van der Waals surface area contributed by atoms with E-state index in [9.17, 15) is 19.1 Å². The maximum Gasteiger partial charge on any atom is 0.274 e. The Balaban J connectivity index is 1.45. The lowest BCUT2D eigenvalue weighted by atomic mass is 9.93. The SMILES string of the molecule is CNc1cc(Nc2cccn([C@H]3CC[C@@H](O)CC3)c2=O)nc2c(C(=O)N[C@H]3C[C@H]3F)cnn12. The van der Waals surface area contributed by atoms with E-state index in [2.05, 4.69) is 26.0 Å². The number of fused-ring (bicyclic) bond motifs is 1. The number of aliphatic hydroxyl groups excluding tert-OH is 1. The first kappa shape index (κ1) is 21.4. The lowest BCUT2D eigenvalue weighted by Crippen LogP contribution is -2.30. The van der Waals surface area contributed by atoms with Gasteiger partial charge in [0.1, 0.15) is 29.1 Å². The number of nitrogens with zero attached hydrogens (tertiary/aromatic N) is 4. The zero-order valence-electron chi connectivity index (χ0n) is 18.2. The van der Waals surface area contributed by atoms with Crippen LogP contribution in [0.15, 0.2) is 35.4 Å². The Morgan fingerprint density at radius 1 is 1.27 bits per heavy atom. The summed E-state index contributed by atoms with van der Waals surface area (Å²) in [5, 5.41) is 22.7. The van der Waals surface area contributed by atoms with Crippen molar-refractivity contribution in [1.82, 2.24) is 24.5 Å².